The summed E-state index contributed by atoms with van der Waals surface area (Å²) in [6.45, 7) is -0.311. The Balaban J connectivity index is 2.42. The van der Waals surface area contributed by atoms with Gasteiger partial charge in [0.25, 0.3) is 0 Å². The standard InChI is InChI=1S/C11H12N2O2/c14-6-9-10(7-15)13-11(12-9)8-4-2-1-3-5-8/h1-5,14-15H,6-7H2,(H,12,13). The first-order valence-corrected chi connectivity index (χ1v) is 4.70. The Bertz CT molecular complexity index is 416. The zero-order chi connectivity index (χ0) is 10.7. The van der Waals surface area contributed by atoms with Crippen LogP contribution in [0.1, 0.15) is 11.4 Å². The molecule has 0 aliphatic carbocycles. The van der Waals surface area contributed by atoms with Gasteiger partial charge in [-0.1, -0.05) is 30.3 Å². The monoisotopic (exact) mass is 204 g/mol. The molecule has 1 aromatic carbocycles. The zero-order valence-corrected chi connectivity index (χ0v) is 8.14. The molecular formula is C11H12N2O2. The minimum Gasteiger partial charge on any atom is -0.390 e. The minimum absolute atomic E-state index is 0.143. The summed E-state index contributed by atoms with van der Waals surface area (Å²) in [5.41, 5.74) is 2.00. The van der Waals surface area contributed by atoms with Gasteiger partial charge in [-0.05, 0) is 0 Å². The van der Waals surface area contributed by atoms with E-state index in [9.17, 15) is 0 Å². The summed E-state index contributed by atoms with van der Waals surface area (Å²) in [6, 6.07) is 9.58. The second kappa shape index (κ2) is 4.25. The van der Waals surface area contributed by atoms with Crippen molar-refractivity contribution in [3.05, 3.63) is 41.7 Å². The molecule has 0 atom stereocenters. The molecule has 4 heteroatoms. The molecule has 1 aromatic heterocycles. The summed E-state index contributed by atoms with van der Waals surface area (Å²) in [7, 11) is 0. The fourth-order valence-corrected chi connectivity index (χ4v) is 1.44. The van der Waals surface area contributed by atoms with Gasteiger partial charge in [0.2, 0.25) is 0 Å². The normalized spacial score (nSPS) is 10.5. The number of hydrogen-bond acceptors (Lipinski definition) is 3. The van der Waals surface area contributed by atoms with Gasteiger partial charge in [-0.3, -0.25) is 0 Å². The van der Waals surface area contributed by atoms with Gasteiger partial charge in [-0.15, -0.1) is 0 Å². The van der Waals surface area contributed by atoms with E-state index in [4.69, 9.17) is 10.2 Å². The summed E-state index contributed by atoms with van der Waals surface area (Å²) in [6.07, 6.45) is 0. The lowest BCUT2D eigenvalue weighted by molar-refractivity contribution is 0.255. The maximum atomic E-state index is 9.03. The highest BCUT2D eigenvalue weighted by Crippen LogP contribution is 2.17. The van der Waals surface area contributed by atoms with Crippen molar-refractivity contribution in [2.24, 2.45) is 0 Å². The highest BCUT2D eigenvalue weighted by molar-refractivity contribution is 5.55. The van der Waals surface area contributed by atoms with Crippen molar-refractivity contribution in [2.45, 2.75) is 13.2 Å². The smallest absolute Gasteiger partial charge is 0.137 e. The summed E-state index contributed by atoms with van der Waals surface area (Å²) < 4.78 is 0. The minimum atomic E-state index is -0.167. The molecule has 0 aliphatic rings. The van der Waals surface area contributed by atoms with Crippen LogP contribution in [0, 0.1) is 0 Å². The summed E-state index contributed by atoms with van der Waals surface area (Å²) in [5, 5.41) is 18.0. The van der Waals surface area contributed by atoms with E-state index >= 15 is 0 Å². The highest BCUT2D eigenvalue weighted by atomic mass is 16.3. The predicted octanol–water partition coefficient (Wildman–Crippen LogP) is 1.06. The van der Waals surface area contributed by atoms with E-state index in [1.807, 2.05) is 30.3 Å². The van der Waals surface area contributed by atoms with Crippen molar-refractivity contribution < 1.29 is 10.2 Å². The first kappa shape index (κ1) is 9.89. The molecule has 0 radical (unpaired) electrons. The first-order chi connectivity index (χ1) is 7.35. The molecule has 1 heterocycles. The zero-order valence-electron chi connectivity index (χ0n) is 8.14. The van der Waals surface area contributed by atoms with Crippen LogP contribution >= 0.6 is 0 Å². The van der Waals surface area contributed by atoms with Crippen LogP contribution in [0.2, 0.25) is 0 Å². The van der Waals surface area contributed by atoms with Gasteiger partial charge in [0.1, 0.15) is 5.82 Å². The van der Waals surface area contributed by atoms with Crippen LogP contribution in [0.15, 0.2) is 30.3 Å². The van der Waals surface area contributed by atoms with Gasteiger partial charge < -0.3 is 15.2 Å². The fraction of sp³-hybridized carbons (Fsp3) is 0.182. The van der Waals surface area contributed by atoms with Crippen LogP contribution in [0.3, 0.4) is 0 Å². The Morgan fingerprint density at radius 2 is 1.80 bits per heavy atom. The Morgan fingerprint density at radius 1 is 1.07 bits per heavy atom. The lowest BCUT2D eigenvalue weighted by Crippen LogP contribution is -1.91. The second-order valence-electron chi connectivity index (χ2n) is 3.19. The van der Waals surface area contributed by atoms with Gasteiger partial charge in [-0.25, -0.2) is 4.98 Å². The summed E-state index contributed by atoms with van der Waals surface area (Å²) in [4.78, 5) is 7.18. The van der Waals surface area contributed by atoms with Gasteiger partial charge >= 0.3 is 0 Å². The number of H-pyrrole nitrogens is 1. The van der Waals surface area contributed by atoms with Crippen LogP contribution in [-0.4, -0.2) is 20.2 Å². The number of aromatic nitrogens is 2. The largest absolute Gasteiger partial charge is 0.390 e. The lowest BCUT2D eigenvalue weighted by atomic mass is 10.2. The molecule has 2 rings (SSSR count). The summed E-state index contributed by atoms with van der Waals surface area (Å²) >= 11 is 0. The number of benzene rings is 1. The number of nitrogens with zero attached hydrogens (tertiary/aromatic N) is 1. The molecule has 0 amide bonds. The van der Waals surface area contributed by atoms with Crippen LogP contribution < -0.4 is 0 Å². The second-order valence-corrected chi connectivity index (χ2v) is 3.19. The number of aliphatic hydroxyl groups is 2. The van der Waals surface area contributed by atoms with Gasteiger partial charge in [0.15, 0.2) is 0 Å². The SMILES string of the molecule is OCc1nc(-c2ccccc2)[nH]c1CO. The molecule has 0 saturated carbocycles. The van der Waals surface area contributed by atoms with Crippen LogP contribution in [0.5, 0.6) is 0 Å². The van der Waals surface area contributed by atoms with E-state index in [0.717, 1.165) is 5.56 Å². The van der Waals surface area contributed by atoms with Crippen molar-refractivity contribution in [2.75, 3.05) is 0 Å². The van der Waals surface area contributed by atoms with E-state index in [1.54, 1.807) is 0 Å². The quantitative estimate of drug-likeness (QED) is 0.700. The molecule has 0 spiro atoms. The van der Waals surface area contributed by atoms with E-state index < -0.39 is 0 Å². The van der Waals surface area contributed by atoms with Crippen LogP contribution in [-0.2, 0) is 13.2 Å². The highest BCUT2D eigenvalue weighted by Gasteiger charge is 2.09. The van der Waals surface area contributed by atoms with Crippen molar-refractivity contribution in [3.63, 3.8) is 0 Å². The van der Waals surface area contributed by atoms with Crippen molar-refractivity contribution in [1.82, 2.24) is 9.97 Å². The van der Waals surface area contributed by atoms with Gasteiger partial charge in [-0.2, -0.15) is 0 Å². The Kier molecular flexibility index (Phi) is 2.80. The molecule has 15 heavy (non-hydrogen) atoms. The Hall–Kier alpha value is -1.65. The third-order valence-electron chi connectivity index (χ3n) is 2.22. The molecule has 0 fully saturated rings. The summed E-state index contributed by atoms with van der Waals surface area (Å²) in [5.74, 6) is 0.670. The first-order valence-electron chi connectivity index (χ1n) is 4.70. The molecule has 0 saturated heterocycles. The molecular weight excluding hydrogens is 192 g/mol. The predicted molar refractivity (Wildman–Crippen MR) is 55.9 cm³/mol. The van der Waals surface area contributed by atoms with Crippen LogP contribution in [0.4, 0.5) is 0 Å². The third-order valence-corrected chi connectivity index (χ3v) is 2.22. The Morgan fingerprint density at radius 3 is 2.33 bits per heavy atom. The number of nitrogens with one attached hydrogen (secondary N) is 1. The molecule has 0 aliphatic heterocycles. The van der Waals surface area contributed by atoms with E-state index in [1.165, 1.54) is 0 Å². The number of imidazole rings is 1. The van der Waals surface area contributed by atoms with Gasteiger partial charge in [0.05, 0.1) is 24.6 Å². The topological polar surface area (TPSA) is 69.1 Å². The molecule has 0 unspecified atom stereocenters. The molecule has 2 aromatic rings. The number of aromatic amines is 1. The van der Waals surface area contributed by atoms with Crippen LogP contribution in [0.25, 0.3) is 11.4 Å². The number of aliphatic hydroxyl groups excluding tert-OH is 2. The van der Waals surface area contributed by atoms with Crippen molar-refractivity contribution >= 4 is 0 Å². The molecule has 78 valence electrons. The fourth-order valence-electron chi connectivity index (χ4n) is 1.44. The Labute approximate surface area is 87.2 Å². The lowest BCUT2D eigenvalue weighted by Gasteiger charge is -1.94. The molecule has 4 nitrogen and oxygen atoms in total. The number of rotatable bonds is 3. The van der Waals surface area contributed by atoms with Gasteiger partial charge in [0, 0.05) is 5.56 Å². The van der Waals surface area contributed by atoms with E-state index in [-0.39, 0.29) is 13.2 Å². The number of hydrogen-bond donors (Lipinski definition) is 3. The van der Waals surface area contributed by atoms with E-state index in [2.05, 4.69) is 9.97 Å². The maximum absolute atomic E-state index is 9.03. The van der Waals surface area contributed by atoms with Crippen molar-refractivity contribution in [1.29, 1.82) is 0 Å². The van der Waals surface area contributed by atoms with Crippen molar-refractivity contribution in [3.8, 4) is 11.4 Å². The van der Waals surface area contributed by atoms with E-state index in [0.29, 0.717) is 17.2 Å². The third kappa shape index (κ3) is 1.91. The molecule has 0 bridgehead atoms. The maximum Gasteiger partial charge on any atom is 0.137 e. The average molecular weight is 204 g/mol. The molecule has 3 N–H and O–H groups in total. The average Bonchev–Trinajstić information content (AvgIpc) is 2.73.